The van der Waals surface area contributed by atoms with Crippen molar-refractivity contribution < 1.29 is 9.50 Å². The molecule has 3 rings (SSSR count). The summed E-state index contributed by atoms with van der Waals surface area (Å²) in [6.07, 6.45) is 5.28. The maximum atomic E-state index is 13.5. The molecule has 1 aliphatic rings. The first-order chi connectivity index (χ1) is 12.6. The van der Waals surface area contributed by atoms with Crippen LogP contribution in [0.25, 0.3) is 0 Å². The fourth-order valence-electron chi connectivity index (χ4n) is 4.26. The molecule has 1 heterocycles. The van der Waals surface area contributed by atoms with Gasteiger partial charge in [0.05, 0.1) is 5.60 Å². The molecule has 0 saturated carbocycles. The minimum Gasteiger partial charge on any atom is -0.384 e. The predicted octanol–water partition coefficient (Wildman–Crippen LogP) is 5.08. The van der Waals surface area contributed by atoms with E-state index in [1.165, 1.54) is 31.4 Å². The van der Waals surface area contributed by atoms with E-state index in [4.69, 9.17) is 0 Å². The van der Waals surface area contributed by atoms with Crippen LogP contribution in [-0.4, -0.2) is 29.6 Å². The summed E-state index contributed by atoms with van der Waals surface area (Å²) in [4.78, 5) is 2.48. The number of nitrogens with zero attached hydrogens (tertiary/aromatic N) is 1. The van der Waals surface area contributed by atoms with E-state index in [0.717, 1.165) is 37.2 Å². The van der Waals surface area contributed by atoms with Crippen LogP contribution in [0.15, 0.2) is 54.6 Å². The highest BCUT2D eigenvalue weighted by molar-refractivity contribution is 5.32. The van der Waals surface area contributed by atoms with E-state index < -0.39 is 5.60 Å². The largest absolute Gasteiger partial charge is 0.384 e. The van der Waals surface area contributed by atoms with Crippen molar-refractivity contribution in [2.45, 2.75) is 50.5 Å². The van der Waals surface area contributed by atoms with Crippen LogP contribution in [-0.2, 0) is 5.60 Å². The number of likely N-dealkylation sites (tertiary alicyclic amines) is 1. The molecule has 1 N–H and O–H groups in total. The van der Waals surface area contributed by atoms with Gasteiger partial charge in [-0.3, -0.25) is 0 Å². The highest BCUT2D eigenvalue weighted by atomic mass is 19.1. The molecular formula is C23H30FNO. The summed E-state index contributed by atoms with van der Waals surface area (Å²) >= 11 is 0. The van der Waals surface area contributed by atoms with Crippen LogP contribution in [0, 0.1) is 5.82 Å². The van der Waals surface area contributed by atoms with Crippen LogP contribution >= 0.6 is 0 Å². The molecule has 2 atom stereocenters. The second-order valence-electron chi connectivity index (χ2n) is 7.51. The molecule has 0 amide bonds. The Kier molecular flexibility index (Phi) is 6.44. The predicted molar refractivity (Wildman–Crippen MR) is 105 cm³/mol. The molecule has 1 saturated heterocycles. The van der Waals surface area contributed by atoms with E-state index in [1.54, 1.807) is 12.1 Å². The van der Waals surface area contributed by atoms with Crippen molar-refractivity contribution in [3.8, 4) is 0 Å². The fourth-order valence-corrected chi connectivity index (χ4v) is 4.26. The van der Waals surface area contributed by atoms with Crippen LogP contribution in [0.4, 0.5) is 4.39 Å². The monoisotopic (exact) mass is 355 g/mol. The highest BCUT2D eigenvalue weighted by Gasteiger charge is 2.39. The van der Waals surface area contributed by atoms with Gasteiger partial charge in [-0.2, -0.15) is 0 Å². The Hall–Kier alpha value is -1.71. The molecule has 26 heavy (non-hydrogen) atoms. The Labute approximate surface area is 156 Å². The van der Waals surface area contributed by atoms with Crippen molar-refractivity contribution in [3.63, 3.8) is 0 Å². The Bertz CT molecular complexity index is 666. The summed E-state index contributed by atoms with van der Waals surface area (Å²) in [5.41, 5.74) is 0.964. The van der Waals surface area contributed by atoms with Crippen LogP contribution in [0.2, 0.25) is 0 Å². The van der Waals surface area contributed by atoms with E-state index in [0.29, 0.717) is 6.42 Å². The molecule has 0 bridgehead atoms. The molecule has 0 spiro atoms. The summed E-state index contributed by atoms with van der Waals surface area (Å²) in [6, 6.07) is 16.7. The lowest BCUT2D eigenvalue weighted by Crippen LogP contribution is -2.42. The lowest BCUT2D eigenvalue weighted by molar-refractivity contribution is -0.0153. The topological polar surface area (TPSA) is 23.5 Å². The molecule has 0 radical (unpaired) electrons. The van der Waals surface area contributed by atoms with Crippen molar-refractivity contribution in [2.24, 2.45) is 0 Å². The van der Waals surface area contributed by atoms with Gasteiger partial charge in [-0.25, -0.2) is 4.39 Å². The van der Waals surface area contributed by atoms with Gasteiger partial charge in [0.1, 0.15) is 5.82 Å². The summed E-state index contributed by atoms with van der Waals surface area (Å²) in [5, 5.41) is 11.9. The van der Waals surface area contributed by atoms with Gasteiger partial charge in [0, 0.05) is 12.5 Å². The summed E-state index contributed by atoms with van der Waals surface area (Å²) < 4.78 is 13.5. The zero-order valence-corrected chi connectivity index (χ0v) is 15.7. The van der Waals surface area contributed by atoms with Gasteiger partial charge >= 0.3 is 0 Å². The standard InChI is InChI=1S/C23H30FNO/c1-2-15-23(26,20-11-13-21(24)14-12-20)22(19-9-5-3-6-10-19)18-25-16-7-4-8-17-25/h3,5-6,9-14,22,26H,2,4,7-8,15-18H2,1H3/t22-,23-/m0/s1. The van der Waals surface area contributed by atoms with Gasteiger partial charge in [-0.1, -0.05) is 62.2 Å². The molecule has 1 aliphatic heterocycles. The summed E-state index contributed by atoms with van der Waals surface area (Å²) in [7, 11) is 0. The molecule has 2 nitrogen and oxygen atoms in total. The third kappa shape index (κ3) is 4.33. The number of rotatable bonds is 7. The quantitative estimate of drug-likeness (QED) is 0.748. The molecule has 140 valence electrons. The van der Waals surface area contributed by atoms with E-state index in [-0.39, 0.29) is 11.7 Å². The smallest absolute Gasteiger partial charge is 0.123 e. The van der Waals surface area contributed by atoms with Gasteiger partial charge in [-0.05, 0) is 55.6 Å². The molecule has 2 aromatic rings. The number of piperidine rings is 1. The Morgan fingerprint density at radius 3 is 2.27 bits per heavy atom. The second kappa shape index (κ2) is 8.79. The van der Waals surface area contributed by atoms with Gasteiger partial charge < -0.3 is 10.0 Å². The number of halogens is 1. The average molecular weight is 355 g/mol. The van der Waals surface area contributed by atoms with Gasteiger partial charge in [0.15, 0.2) is 0 Å². The van der Waals surface area contributed by atoms with E-state index in [9.17, 15) is 9.50 Å². The molecule has 0 aliphatic carbocycles. The molecule has 0 unspecified atom stereocenters. The Balaban J connectivity index is 1.99. The third-order valence-electron chi connectivity index (χ3n) is 5.64. The van der Waals surface area contributed by atoms with E-state index in [1.807, 2.05) is 18.2 Å². The number of hydrogen-bond donors (Lipinski definition) is 1. The first kappa shape index (κ1) is 19.1. The minimum absolute atomic E-state index is 0.0350. The summed E-state index contributed by atoms with van der Waals surface area (Å²) in [5.74, 6) is -0.299. The minimum atomic E-state index is -0.999. The van der Waals surface area contributed by atoms with Crippen LogP contribution < -0.4 is 0 Å². The normalized spacial score (nSPS) is 19.0. The van der Waals surface area contributed by atoms with Crippen LogP contribution in [0.5, 0.6) is 0 Å². The number of benzene rings is 2. The van der Waals surface area contributed by atoms with Gasteiger partial charge in [-0.15, -0.1) is 0 Å². The lowest BCUT2D eigenvalue weighted by Gasteiger charge is -2.41. The summed E-state index contributed by atoms with van der Waals surface area (Å²) in [6.45, 7) is 5.11. The maximum Gasteiger partial charge on any atom is 0.123 e. The maximum absolute atomic E-state index is 13.5. The first-order valence-electron chi connectivity index (χ1n) is 9.89. The SMILES string of the molecule is CCC[C@](O)(c1ccc(F)cc1)[C@@H](CN1CCCCC1)c1ccccc1. The first-order valence-corrected chi connectivity index (χ1v) is 9.89. The van der Waals surface area contributed by atoms with Gasteiger partial charge in [0.2, 0.25) is 0 Å². The molecule has 0 aromatic heterocycles. The lowest BCUT2D eigenvalue weighted by atomic mass is 9.74. The second-order valence-corrected chi connectivity index (χ2v) is 7.51. The zero-order chi connectivity index (χ0) is 18.4. The van der Waals surface area contributed by atoms with Crippen molar-refractivity contribution >= 4 is 0 Å². The van der Waals surface area contributed by atoms with Gasteiger partial charge in [0.25, 0.3) is 0 Å². The highest BCUT2D eigenvalue weighted by Crippen LogP contribution is 2.41. The van der Waals surface area contributed by atoms with Crippen molar-refractivity contribution in [3.05, 3.63) is 71.5 Å². The molecule has 1 fully saturated rings. The Morgan fingerprint density at radius 2 is 1.65 bits per heavy atom. The third-order valence-corrected chi connectivity index (χ3v) is 5.64. The van der Waals surface area contributed by atoms with Crippen molar-refractivity contribution in [2.75, 3.05) is 19.6 Å². The van der Waals surface area contributed by atoms with E-state index >= 15 is 0 Å². The van der Waals surface area contributed by atoms with Crippen molar-refractivity contribution in [1.29, 1.82) is 0 Å². The van der Waals surface area contributed by atoms with Crippen LogP contribution in [0.1, 0.15) is 56.1 Å². The van der Waals surface area contributed by atoms with Crippen LogP contribution in [0.3, 0.4) is 0 Å². The molecule has 3 heteroatoms. The Morgan fingerprint density at radius 1 is 1.00 bits per heavy atom. The molecule has 2 aromatic carbocycles. The fraction of sp³-hybridized carbons (Fsp3) is 0.478. The van der Waals surface area contributed by atoms with E-state index in [2.05, 4.69) is 24.0 Å². The number of hydrogen-bond acceptors (Lipinski definition) is 2. The van der Waals surface area contributed by atoms with Crippen molar-refractivity contribution in [1.82, 2.24) is 4.90 Å². The number of aliphatic hydroxyl groups is 1. The molecular weight excluding hydrogens is 325 g/mol. The average Bonchev–Trinajstić information content (AvgIpc) is 2.68. The zero-order valence-electron chi connectivity index (χ0n) is 15.7.